The van der Waals surface area contributed by atoms with Crippen molar-refractivity contribution in [1.29, 1.82) is 0 Å². The lowest BCUT2D eigenvalue weighted by Crippen LogP contribution is -2.18. The summed E-state index contributed by atoms with van der Waals surface area (Å²) in [6.45, 7) is 4.75. The average molecular weight is 262 g/mol. The SMILES string of the molecule is Cc1nc(CN(C)c2ccc([C@H](C)N)cn2)cs1. The first-order chi connectivity index (χ1) is 8.56. The number of pyridine rings is 1. The molecule has 2 N–H and O–H groups in total. The van der Waals surface area contributed by atoms with E-state index in [1.54, 1.807) is 11.3 Å². The number of rotatable bonds is 4. The van der Waals surface area contributed by atoms with Crippen molar-refractivity contribution in [3.8, 4) is 0 Å². The van der Waals surface area contributed by atoms with Gasteiger partial charge in [-0.15, -0.1) is 11.3 Å². The highest BCUT2D eigenvalue weighted by atomic mass is 32.1. The van der Waals surface area contributed by atoms with Crippen LogP contribution in [-0.4, -0.2) is 17.0 Å². The van der Waals surface area contributed by atoms with E-state index in [1.165, 1.54) is 0 Å². The molecular weight excluding hydrogens is 244 g/mol. The molecule has 2 heterocycles. The van der Waals surface area contributed by atoms with Crippen LogP contribution in [0.2, 0.25) is 0 Å². The fourth-order valence-corrected chi connectivity index (χ4v) is 2.30. The van der Waals surface area contributed by atoms with E-state index in [-0.39, 0.29) is 6.04 Å². The summed E-state index contributed by atoms with van der Waals surface area (Å²) < 4.78 is 0. The highest BCUT2D eigenvalue weighted by molar-refractivity contribution is 7.09. The van der Waals surface area contributed by atoms with Gasteiger partial charge >= 0.3 is 0 Å². The highest BCUT2D eigenvalue weighted by Crippen LogP contribution is 2.16. The Balaban J connectivity index is 2.06. The molecule has 0 aliphatic rings. The van der Waals surface area contributed by atoms with Gasteiger partial charge in [0, 0.05) is 24.7 Å². The molecule has 2 rings (SSSR count). The standard InChI is InChI=1S/C13H18N4S/c1-9(14)11-4-5-13(15-6-11)17(3)7-12-8-18-10(2)16-12/h4-6,8-9H,7,14H2,1-3H3/t9-/m0/s1. The molecule has 0 spiro atoms. The molecule has 0 saturated heterocycles. The number of thiazole rings is 1. The van der Waals surface area contributed by atoms with Crippen LogP contribution in [0.4, 0.5) is 5.82 Å². The molecule has 1 atom stereocenters. The van der Waals surface area contributed by atoms with Gasteiger partial charge < -0.3 is 10.6 Å². The van der Waals surface area contributed by atoms with Gasteiger partial charge in [-0.2, -0.15) is 0 Å². The molecule has 2 aromatic rings. The van der Waals surface area contributed by atoms with Crippen molar-refractivity contribution in [2.75, 3.05) is 11.9 Å². The molecule has 2 aromatic heterocycles. The van der Waals surface area contributed by atoms with E-state index in [9.17, 15) is 0 Å². The second-order valence-electron chi connectivity index (χ2n) is 4.45. The monoisotopic (exact) mass is 262 g/mol. The summed E-state index contributed by atoms with van der Waals surface area (Å²) in [5.41, 5.74) is 7.94. The third-order valence-corrected chi connectivity index (χ3v) is 3.58. The van der Waals surface area contributed by atoms with Gasteiger partial charge in [0.25, 0.3) is 0 Å². The van der Waals surface area contributed by atoms with E-state index >= 15 is 0 Å². The third kappa shape index (κ3) is 3.05. The summed E-state index contributed by atoms with van der Waals surface area (Å²) >= 11 is 1.67. The number of aromatic nitrogens is 2. The second kappa shape index (κ2) is 5.46. The second-order valence-corrected chi connectivity index (χ2v) is 5.51. The van der Waals surface area contributed by atoms with Crippen LogP contribution in [0.3, 0.4) is 0 Å². The first-order valence-corrected chi connectivity index (χ1v) is 6.78. The van der Waals surface area contributed by atoms with Crippen molar-refractivity contribution in [2.24, 2.45) is 5.73 Å². The number of nitrogens with two attached hydrogens (primary N) is 1. The first kappa shape index (κ1) is 13.0. The molecule has 0 amide bonds. The number of hydrogen-bond acceptors (Lipinski definition) is 5. The van der Waals surface area contributed by atoms with E-state index in [0.717, 1.165) is 28.6 Å². The lowest BCUT2D eigenvalue weighted by molar-refractivity contribution is 0.805. The minimum Gasteiger partial charge on any atom is -0.354 e. The van der Waals surface area contributed by atoms with Gasteiger partial charge in [-0.25, -0.2) is 9.97 Å². The van der Waals surface area contributed by atoms with E-state index in [1.807, 2.05) is 39.2 Å². The van der Waals surface area contributed by atoms with E-state index in [2.05, 4.69) is 20.2 Å². The summed E-state index contributed by atoms with van der Waals surface area (Å²) in [5.74, 6) is 0.935. The van der Waals surface area contributed by atoms with Crippen LogP contribution in [0.5, 0.6) is 0 Å². The molecule has 0 radical (unpaired) electrons. The van der Waals surface area contributed by atoms with Gasteiger partial charge in [0.05, 0.1) is 17.2 Å². The minimum absolute atomic E-state index is 0.0260. The number of nitrogens with zero attached hydrogens (tertiary/aromatic N) is 3. The Kier molecular flexibility index (Phi) is 3.93. The van der Waals surface area contributed by atoms with Crippen LogP contribution in [0.1, 0.15) is 29.2 Å². The van der Waals surface area contributed by atoms with Crippen LogP contribution in [0.15, 0.2) is 23.7 Å². The summed E-state index contributed by atoms with van der Waals surface area (Å²) in [5, 5.41) is 3.18. The van der Waals surface area contributed by atoms with Crippen molar-refractivity contribution in [3.63, 3.8) is 0 Å². The van der Waals surface area contributed by atoms with Crippen molar-refractivity contribution in [2.45, 2.75) is 26.4 Å². The van der Waals surface area contributed by atoms with E-state index < -0.39 is 0 Å². The van der Waals surface area contributed by atoms with Gasteiger partial charge in [0.15, 0.2) is 0 Å². The number of aryl methyl sites for hydroxylation is 1. The zero-order valence-corrected chi connectivity index (χ0v) is 11.7. The Hall–Kier alpha value is -1.46. The summed E-state index contributed by atoms with van der Waals surface area (Å²) in [7, 11) is 2.02. The van der Waals surface area contributed by atoms with Gasteiger partial charge in [-0.1, -0.05) is 6.07 Å². The van der Waals surface area contributed by atoms with Crippen LogP contribution in [0.25, 0.3) is 0 Å². The average Bonchev–Trinajstić information content (AvgIpc) is 2.75. The summed E-state index contributed by atoms with van der Waals surface area (Å²) in [6.07, 6.45) is 1.84. The minimum atomic E-state index is 0.0260. The molecule has 4 nitrogen and oxygen atoms in total. The summed E-state index contributed by atoms with van der Waals surface area (Å²) in [6, 6.07) is 4.05. The number of anilines is 1. The zero-order valence-electron chi connectivity index (χ0n) is 10.9. The normalized spacial score (nSPS) is 12.4. The molecule has 5 heteroatoms. The van der Waals surface area contributed by atoms with Crippen molar-refractivity contribution in [1.82, 2.24) is 9.97 Å². The van der Waals surface area contributed by atoms with Crippen molar-refractivity contribution < 1.29 is 0 Å². The molecule has 0 unspecified atom stereocenters. The Bertz CT molecular complexity index is 504. The molecule has 0 saturated carbocycles. The maximum Gasteiger partial charge on any atom is 0.128 e. The topological polar surface area (TPSA) is 55.0 Å². The van der Waals surface area contributed by atoms with Gasteiger partial charge in [0.2, 0.25) is 0 Å². The first-order valence-electron chi connectivity index (χ1n) is 5.90. The quantitative estimate of drug-likeness (QED) is 0.920. The zero-order chi connectivity index (χ0) is 13.1. The number of hydrogen-bond donors (Lipinski definition) is 1. The molecule has 18 heavy (non-hydrogen) atoms. The van der Waals surface area contributed by atoms with Crippen LogP contribution in [-0.2, 0) is 6.54 Å². The molecule has 0 aliphatic heterocycles. The third-order valence-electron chi connectivity index (χ3n) is 2.75. The van der Waals surface area contributed by atoms with Crippen LogP contribution < -0.4 is 10.6 Å². The molecule has 0 aliphatic carbocycles. The van der Waals surface area contributed by atoms with Gasteiger partial charge in [-0.3, -0.25) is 0 Å². The molecule has 0 bridgehead atoms. The van der Waals surface area contributed by atoms with Crippen molar-refractivity contribution >= 4 is 17.2 Å². The van der Waals surface area contributed by atoms with Crippen LogP contribution >= 0.6 is 11.3 Å². The fourth-order valence-electron chi connectivity index (χ4n) is 1.70. The Morgan fingerprint density at radius 3 is 2.72 bits per heavy atom. The van der Waals surface area contributed by atoms with Gasteiger partial charge in [-0.05, 0) is 25.5 Å². The highest BCUT2D eigenvalue weighted by Gasteiger charge is 2.07. The predicted molar refractivity (Wildman–Crippen MR) is 75.8 cm³/mol. The van der Waals surface area contributed by atoms with E-state index in [4.69, 9.17) is 5.73 Å². The Labute approximate surface area is 111 Å². The molecule has 96 valence electrons. The lowest BCUT2D eigenvalue weighted by Gasteiger charge is -2.17. The van der Waals surface area contributed by atoms with Gasteiger partial charge in [0.1, 0.15) is 5.82 Å². The smallest absolute Gasteiger partial charge is 0.128 e. The molecule has 0 aromatic carbocycles. The maximum atomic E-state index is 5.80. The Morgan fingerprint density at radius 1 is 1.44 bits per heavy atom. The van der Waals surface area contributed by atoms with Crippen LogP contribution in [0, 0.1) is 6.92 Å². The van der Waals surface area contributed by atoms with E-state index in [0.29, 0.717) is 0 Å². The Morgan fingerprint density at radius 2 is 2.22 bits per heavy atom. The summed E-state index contributed by atoms with van der Waals surface area (Å²) in [4.78, 5) is 11.0. The predicted octanol–water partition coefficient (Wildman–Crippen LogP) is 2.50. The van der Waals surface area contributed by atoms with Crippen molar-refractivity contribution in [3.05, 3.63) is 40.0 Å². The molecule has 0 fully saturated rings. The molecular formula is C13H18N4S. The largest absolute Gasteiger partial charge is 0.354 e. The maximum absolute atomic E-state index is 5.80. The lowest BCUT2D eigenvalue weighted by atomic mass is 10.1. The fraction of sp³-hybridized carbons (Fsp3) is 0.385.